The number of ether oxygens (including phenoxy) is 1. The fourth-order valence-corrected chi connectivity index (χ4v) is 7.27. The van der Waals surface area contributed by atoms with Crippen LogP contribution in [0.3, 0.4) is 0 Å². The highest BCUT2D eigenvalue weighted by Gasteiger charge is 2.57. The van der Waals surface area contributed by atoms with Crippen molar-refractivity contribution in [2.75, 3.05) is 13.6 Å². The van der Waals surface area contributed by atoms with Gasteiger partial charge >= 0.3 is 12.0 Å². The Morgan fingerprint density at radius 3 is 2.21 bits per heavy atom. The molecule has 0 spiro atoms. The largest absolute Gasteiger partial charge is 0.446 e. The van der Waals surface area contributed by atoms with Gasteiger partial charge in [0.25, 0.3) is 5.91 Å². The van der Waals surface area contributed by atoms with Crippen molar-refractivity contribution in [1.82, 2.24) is 15.5 Å². The molecule has 2 atom stereocenters. The molecule has 1 aromatic rings. The van der Waals surface area contributed by atoms with Crippen molar-refractivity contribution in [2.45, 2.75) is 63.5 Å². The summed E-state index contributed by atoms with van der Waals surface area (Å²) in [5.41, 5.74) is 0.141. The second kappa shape index (κ2) is 9.04. The molecular formula is C26H33N3O5. The molecular weight excluding hydrogens is 434 g/mol. The minimum absolute atomic E-state index is 0.108. The zero-order valence-electron chi connectivity index (χ0n) is 19.6. The van der Waals surface area contributed by atoms with Crippen molar-refractivity contribution in [3.05, 3.63) is 35.9 Å². The van der Waals surface area contributed by atoms with Crippen LogP contribution >= 0.6 is 0 Å². The number of likely N-dealkylation sites (tertiary alicyclic amines) is 1. The van der Waals surface area contributed by atoms with Crippen LogP contribution in [0.15, 0.2) is 30.3 Å². The van der Waals surface area contributed by atoms with E-state index in [4.69, 9.17) is 4.74 Å². The van der Waals surface area contributed by atoms with E-state index in [1.165, 1.54) is 26.3 Å². The average molecular weight is 468 g/mol. The molecule has 5 fully saturated rings. The summed E-state index contributed by atoms with van der Waals surface area (Å²) >= 11 is 0. The molecule has 4 bridgehead atoms. The van der Waals surface area contributed by atoms with E-state index in [1.54, 1.807) is 35.2 Å². The standard InChI is InChI=1S/C26H33N3O5/c1-27-25(33)28-22(30)21(19-6-3-2-4-7-19)34-23(31)20-8-5-9-29(20)24(32)26-13-16-10-17(14-26)12-18(11-16)15-26/h2-4,6-7,16-18,20-21H,5,8-15H2,1H3,(H2,27,28,30,33). The van der Waals surface area contributed by atoms with Crippen LogP contribution in [-0.2, 0) is 19.1 Å². The predicted molar refractivity (Wildman–Crippen MR) is 123 cm³/mol. The summed E-state index contributed by atoms with van der Waals surface area (Å²) in [6.07, 6.45) is 6.55. The molecule has 1 aliphatic heterocycles. The average Bonchev–Trinajstić information content (AvgIpc) is 3.31. The lowest BCUT2D eigenvalue weighted by atomic mass is 9.49. The van der Waals surface area contributed by atoms with Gasteiger partial charge < -0.3 is 15.0 Å². The zero-order valence-corrected chi connectivity index (χ0v) is 19.6. The van der Waals surface area contributed by atoms with Gasteiger partial charge in [-0.25, -0.2) is 9.59 Å². The molecule has 0 aromatic heterocycles. The summed E-state index contributed by atoms with van der Waals surface area (Å²) in [4.78, 5) is 53.4. The van der Waals surface area contributed by atoms with E-state index in [0.29, 0.717) is 36.3 Å². The van der Waals surface area contributed by atoms with E-state index in [1.807, 2.05) is 0 Å². The van der Waals surface area contributed by atoms with Gasteiger partial charge in [0.1, 0.15) is 6.04 Å². The highest BCUT2D eigenvalue weighted by Crippen LogP contribution is 2.60. The lowest BCUT2D eigenvalue weighted by Gasteiger charge is -2.56. The molecule has 182 valence electrons. The Kier molecular flexibility index (Phi) is 6.08. The van der Waals surface area contributed by atoms with Crippen LogP contribution in [0.25, 0.3) is 0 Å². The SMILES string of the molecule is CNC(=O)NC(=O)C(OC(=O)C1CCCN1C(=O)C12CC3CC(CC(C3)C1)C2)c1ccccc1. The highest BCUT2D eigenvalue weighted by molar-refractivity contribution is 5.98. The Balaban J connectivity index is 1.33. The van der Waals surface area contributed by atoms with Gasteiger partial charge in [-0.15, -0.1) is 0 Å². The molecule has 8 nitrogen and oxygen atoms in total. The van der Waals surface area contributed by atoms with Crippen molar-refractivity contribution >= 4 is 23.8 Å². The van der Waals surface area contributed by atoms with Crippen LogP contribution in [0.4, 0.5) is 4.79 Å². The van der Waals surface area contributed by atoms with Crippen molar-refractivity contribution in [2.24, 2.45) is 23.2 Å². The second-order valence-electron chi connectivity index (χ2n) is 10.7. The van der Waals surface area contributed by atoms with E-state index in [2.05, 4.69) is 10.6 Å². The molecule has 1 saturated heterocycles. The monoisotopic (exact) mass is 467 g/mol. The van der Waals surface area contributed by atoms with Crippen molar-refractivity contribution in [3.63, 3.8) is 0 Å². The topological polar surface area (TPSA) is 105 Å². The van der Waals surface area contributed by atoms with Gasteiger partial charge in [-0.2, -0.15) is 0 Å². The lowest BCUT2D eigenvalue weighted by molar-refractivity contribution is -0.169. The summed E-state index contributed by atoms with van der Waals surface area (Å²) in [6, 6.07) is 7.25. The molecule has 4 saturated carbocycles. The Morgan fingerprint density at radius 2 is 1.62 bits per heavy atom. The second-order valence-corrected chi connectivity index (χ2v) is 10.7. The number of carbonyl (C=O) groups excluding carboxylic acids is 4. The van der Waals surface area contributed by atoms with E-state index in [-0.39, 0.29) is 11.3 Å². The number of esters is 1. The first-order valence-electron chi connectivity index (χ1n) is 12.5. The lowest BCUT2D eigenvalue weighted by Crippen LogP contribution is -2.56. The number of hydrogen-bond donors (Lipinski definition) is 2. The van der Waals surface area contributed by atoms with Crippen LogP contribution in [-0.4, -0.2) is 48.3 Å². The number of urea groups is 1. The Bertz CT molecular complexity index is 943. The Morgan fingerprint density at radius 1 is 1.00 bits per heavy atom. The van der Waals surface area contributed by atoms with Crippen molar-refractivity contribution < 1.29 is 23.9 Å². The number of imide groups is 1. The fraction of sp³-hybridized carbons (Fsp3) is 0.615. The molecule has 34 heavy (non-hydrogen) atoms. The first-order valence-corrected chi connectivity index (χ1v) is 12.5. The molecule has 6 rings (SSSR count). The van der Waals surface area contributed by atoms with Gasteiger partial charge in [0.15, 0.2) is 0 Å². The van der Waals surface area contributed by atoms with Crippen LogP contribution in [0.1, 0.15) is 63.0 Å². The third kappa shape index (κ3) is 4.18. The molecule has 4 amide bonds. The third-order valence-electron chi connectivity index (χ3n) is 8.32. The smallest absolute Gasteiger partial charge is 0.329 e. The molecule has 5 aliphatic rings. The van der Waals surface area contributed by atoms with E-state index < -0.39 is 30.1 Å². The number of nitrogens with zero attached hydrogens (tertiary/aromatic N) is 1. The van der Waals surface area contributed by atoms with Crippen LogP contribution in [0.2, 0.25) is 0 Å². The Labute approximate surface area is 199 Å². The number of carbonyl (C=O) groups is 4. The summed E-state index contributed by atoms with van der Waals surface area (Å²) in [7, 11) is 1.40. The van der Waals surface area contributed by atoms with E-state index in [9.17, 15) is 19.2 Å². The van der Waals surface area contributed by atoms with Crippen LogP contribution < -0.4 is 10.6 Å². The predicted octanol–water partition coefficient (Wildman–Crippen LogP) is 2.93. The fourth-order valence-electron chi connectivity index (χ4n) is 7.27. The summed E-state index contributed by atoms with van der Waals surface area (Å²) < 4.78 is 5.70. The van der Waals surface area contributed by atoms with E-state index >= 15 is 0 Å². The molecule has 1 aromatic carbocycles. The number of amides is 4. The van der Waals surface area contributed by atoms with Crippen LogP contribution in [0, 0.1) is 23.2 Å². The normalized spacial score (nSPS) is 32.2. The third-order valence-corrected chi connectivity index (χ3v) is 8.32. The van der Waals surface area contributed by atoms with Gasteiger partial charge in [-0.1, -0.05) is 30.3 Å². The van der Waals surface area contributed by atoms with Gasteiger partial charge in [-0.05, 0) is 69.1 Å². The maximum atomic E-state index is 13.9. The number of hydrogen-bond acceptors (Lipinski definition) is 5. The van der Waals surface area contributed by atoms with E-state index in [0.717, 1.165) is 25.7 Å². The maximum absolute atomic E-state index is 13.9. The summed E-state index contributed by atoms with van der Waals surface area (Å²) in [5.74, 6) is 0.710. The van der Waals surface area contributed by atoms with Crippen LogP contribution in [0.5, 0.6) is 0 Å². The molecule has 8 heteroatoms. The summed E-state index contributed by atoms with van der Waals surface area (Å²) in [6.45, 7) is 0.542. The molecule has 0 radical (unpaired) electrons. The number of benzene rings is 1. The summed E-state index contributed by atoms with van der Waals surface area (Å²) in [5, 5.41) is 4.53. The first-order chi connectivity index (χ1) is 16.4. The zero-order chi connectivity index (χ0) is 23.9. The minimum Gasteiger partial charge on any atom is -0.446 e. The number of rotatable bonds is 5. The Hall–Kier alpha value is -2.90. The van der Waals surface area contributed by atoms with Crippen molar-refractivity contribution in [3.8, 4) is 0 Å². The molecule has 2 N–H and O–H groups in total. The van der Waals surface area contributed by atoms with Gasteiger partial charge in [-0.3, -0.25) is 14.9 Å². The first kappa shape index (κ1) is 22.9. The van der Waals surface area contributed by atoms with Gasteiger partial charge in [0.05, 0.1) is 5.41 Å². The maximum Gasteiger partial charge on any atom is 0.329 e. The molecule has 4 aliphatic carbocycles. The number of nitrogens with one attached hydrogen (secondary N) is 2. The minimum atomic E-state index is -1.27. The van der Waals surface area contributed by atoms with Gasteiger partial charge in [0.2, 0.25) is 12.0 Å². The van der Waals surface area contributed by atoms with Crippen molar-refractivity contribution in [1.29, 1.82) is 0 Å². The quantitative estimate of drug-likeness (QED) is 0.648. The van der Waals surface area contributed by atoms with Gasteiger partial charge in [0, 0.05) is 19.2 Å². The molecule has 1 heterocycles. The highest BCUT2D eigenvalue weighted by atomic mass is 16.5. The molecule has 2 unspecified atom stereocenters.